The maximum atomic E-state index is 9.18. The third kappa shape index (κ3) is 7.46. The molecule has 71 heavy (non-hydrogen) atoms. The van der Waals surface area contributed by atoms with E-state index in [1.165, 1.54) is 0 Å². The number of nitrogens with zero attached hydrogens (tertiary/aromatic N) is 5. The zero-order valence-electron chi connectivity index (χ0n) is 48.5. The fourth-order valence-corrected chi connectivity index (χ4v) is 9.61. The van der Waals surface area contributed by atoms with Crippen molar-refractivity contribution in [2.45, 2.75) is 26.2 Å². The van der Waals surface area contributed by atoms with Gasteiger partial charge in [0.05, 0.1) is 35.9 Å². The number of imidazole rings is 1. The topological polar surface area (TPSA) is 44.7 Å². The maximum absolute atomic E-state index is 9.18. The van der Waals surface area contributed by atoms with Gasteiger partial charge in [-0.2, -0.15) is 18.2 Å². The van der Waals surface area contributed by atoms with Gasteiger partial charge in [-0.15, -0.1) is 29.0 Å². The number of fused-ring (bicyclic) bond motifs is 8. The molecule has 6 nitrogen and oxygen atoms in total. The van der Waals surface area contributed by atoms with Crippen molar-refractivity contribution < 1.29 is 43.8 Å². The molecule has 0 bridgehead atoms. The Hall–Kier alpha value is -8.31. The second kappa shape index (κ2) is 17.6. The van der Waals surface area contributed by atoms with Crippen molar-refractivity contribution >= 4 is 65.8 Å². The van der Waals surface area contributed by atoms with E-state index in [2.05, 4.69) is 78.7 Å². The summed E-state index contributed by atoms with van der Waals surface area (Å²) in [5.74, 6) is 0.753. The van der Waals surface area contributed by atoms with Gasteiger partial charge in [-0.3, -0.25) is 4.57 Å². The number of aromatic nitrogens is 5. The molecule has 9 aromatic carbocycles. The van der Waals surface area contributed by atoms with E-state index in [0.717, 1.165) is 44.0 Å². The van der Waals surface area contributed by atoms with Crippen molar-refractivity contribution in [2.24, 2.45) is 0 Å². The van der Waals surface area contributed by atoms with Crippen LogP contribution in [-0.2, 0) is 26.5 Å². The fraction of sp³-hybridized carbons (Fsp3) is 0.0625. The van der Waals surface area contributed by atoms with Crippen molar-refractivity contribution in [3.8, 4) is 45.1 Å². The van der Waals surface area contributed by atoms with Crippen molar-refractivity contribution in [3.05, 3.63) is 242 Å². The number of rotatable bonds is 6. The molecule has 7 heteroatoms. The van der Waals surface area contributed by atoms with Crippen LogP contribution in [0.3, 0.4) is 0 Å². The van der Waals surface area contributed by atoms with Gasteiger partial charge < -0.3 is 18.1 Å². The molecule has 0 radical (unpaired) electrons. The Kier molecular flexibility index (Phi) is 8.43. The van der Waals surface area contributed by atoms with E-state index in [4.69, 9.17) is 17.6 Å². The first-order valence-electron chi connectivity index (χ1n) is 27.9. The molecule has 0 saturated carbocycles. The first-order valence-corrected chi connectivity index (χ1v) is 22.9. The van der Waals surface area contributed by atoms with Crippen molar-refractivity contribution in [1.29, 1.82) is 0 Å². The molecule has 13 aromatic rings. The van der Waals surface area contributed by atoms with E-state index in [1.54, 1.807) is 22.8 Å². The average Bonchev–Trinajstić information content (AvgIpc) is 4.12. The largest absolute Gasteiger partial charge is 0.456 e. The van der Waals surface area contributed by atoms with Crippen LogP contribution >= 0.6 is 0 Å². The second-order valence-corrected chi connectivity index (χ2v) is 18.1. The van der Waals surface area contributed by atoms with Crippen LogP contribution in [0.15, 0.2) is 223 Å². The molecule has 0 saturated heterocycles. The number of para-hydroxylation sites is 7. The summed E-state index contributed by atoms with van der Waals surface area (Å²) >= 11 is 0. The molecular formula is C64H45N5OPt-2. The van der Waals surface area contributed by atoms with Crippen LogP contribution in [0.2, 0.25) is 0 Å². The van der Waals surface area contributed by atoms with Gasteiger partial charge in [0.25, 0.3) is 6.33 Å². The Bertz CT molecular complexity index is 4710. The summed E-state index contributed by atoms with van der Waals surface area (Å²) in [5.41, 5.74) is 7.78. The molecule has 0 spiro atoms. The first kappa shape index (κ1) is 34.1. The Morgan fingerprint density at radius 3 is 1.83 bits per heavy atom. The Morgan fingerprint density at radius 1 is 0.535 bits per heavy atom. The van der Waals surface area contributed by atoms with Crippen molar-refractivity contribution in [1.82, 2.24) is 18.7 Å². The Morgan fingerprint density at radius 2 is 1.11 bits per heavy atom. The van der Waals surface area contributed by atoms with Gasteiger partial charge in [0.1, 0.15) is 11.4 Å². The summed E-state index contributed by atoms with van der Waals surface area (Å²) in [7, 11) is 0. The number of benzene rings is 9. The molecule has 0 aliphatic rings. The second-order valence-electron chi connectivity index (χ2n) is 18.1. The van der Waals surface area contributed by atoms with Crippen LogP contribution in [0, 0.1) is 18.5 Å². The fourth-order valence-electron chi connectivity index (χ4n) is 9.61. The van der Waals surface area contributed by atoms with Crippen LogP contribution in [0.1, 0.15) is 40.0 Å². The van der Waals surface area contributed by atoms with Gasteiger partial charge in [0, 0.05) is 32.8 Å². The quantitative estimate of drug-likeness (QED) is 0.123. The van der Waals surface area contributed by atoms with Crippen molar-refractivity contribution in [2.75, 3.05) is 0 Å². The summed E-state index contributed by atoms with van der Waals surface area (Å²) in [4.78, 5) is 4.95. The minimum absolute atomic E-state index is 0. The minimum atomic E-state index is -0.578. The van der Waals surface area contributed by atoms with Crippen molar-refractivity contribution in [3.63, 3.8) is 0 Å². The molecule has 344 valence electrons. The summed E-state index contributed by atoms with van der Waals surface area (Å²) < 4.78 is 103. The zero-order chi connectivity index (χ0) is 55.6. The van der Waals surface area contributed by atoms with Gasteiger partial charge in [0.2, 0.25) is 0 Å². The molecule has 0 aliphatic heterocycles. The SMILES string of the molecule is [2H]c1c([2H])c([2H])c(-c2cccc(-c3c([2H])c([2H])c([2H])c([2H])c3[2H])c2-[n+]2[c-]n(-c3[c-]c4c(cc3)c3ccccc3oc3ccccc3n4-c3[c-]c4c(cc3)c3ccccc3n4-c3cc(C(C)(C)C)ccn3)c3ccccc32)c([2H])c1[2H].[Pt]. The number of hydrogen-bond donors (Lipinski definition) is 0. The normalized spacial score (nSPS) is 13.7. The monoisotopic (exact) mass is 1100 g/mol. The van der Waals surface area contributed by atoms with E-state index in [-0.39, 0.29) is 54.4 Å². The third-order valence-electron chi connectivity index (χ3n) is 12.9. The summed E-state index contributed by atoms with van der Waals surface area (Å²) in [6.07, 6.45) is 5.40. The molecule has 0 amide bonds. The van der Waals surface area contributed by atoms with Crippen LogP contribution in [0.25, 0.3) is 111 Å². The molecule has 0 unspecified atom stereocenters. The van der Waals surface area contributed by atoms with Crippen LogP contribution in [-0.4, -0.2) is 18.7 Å². The van der Waals surface area contributed by atoms with Crippen LogP contribution in [0.4, 0.5) is 0 Å². The van der Waals surface area contributed by atoms with Gasteiger partial charge >= 0.3 is 0 Å². The molecule has 0 atom stereocenters. The van der Waals surface area contributed by atoms with E-state index < -0.39 is 60.4 Å². The molecule has 4 heterocycles. The number of pyridine rings is 1. The van der Waals surface area contributed by atoms with E-state index in [9.17, 15) is 5.48 Å². The predicted octanol–water partition coefficient (Wildman–Crippen LogP) is 15.4. The van der Waals surface area contributed by atoms with Gasteiger partial charge in [0.15, 0.2) is 5.58 Å². The van der Waals surface area contributed by atoms with E-state index in [0.29, 0.717) is 44.6 Å². The van der Waals surface area contributed by atoms with Gasteiger partial charge in [-0.05, 0) is 86.1 Å². The van der Waals surface area contributed by atoms with Gasteiger partial charge in [-0.1, -0.05) is 189 Å². The summed E-state index contributed by atoms with van der Waals surface area (Å²) in [6.45, 7) is 6.55. The average molecular weight is 1110 g/mol. The first-order chi connectivity index (χ1) is 38.5. The summed E-state index contributed by atoms with van der Waals surface area (Å²) in [5, 5.41) is 3.61. The Balaban J connectivity index is 0.00000651. The molecule has 13 rings (SSSR count). The molecule has 4 aromatic heterocycles. The minimum Gasteiger partial charge on any atom is -0.456 e. The smallest absolute Gasteiger partial charge is 0.268 e. The summed E-state index contributed by atoms with van der Waals surface area (Å²) in [6, 6.07) is 50.8. The molecular weight excluding hydrogens is 1050 g/mol. The molecule has 0 fully saturated rings. The zero-order valence-corrected chi connectivity index (χ0v) is 40.7. The van der Waals surface area contributed by atoms with E-state index >= 15 is 0 Å². The van der Waals surface area contributed by atoms with E-state index in [1.807, 2.05) is 114 Å². The third-order valence-corrected chi connectivity index (χ3v) is 12.9. The van der Waals surface area contributed by atoms with Gasteiger partial charge in [-0.25, -0.2) is 4.98 Å². The Labute approximate surface area is 440 Å². The van der Waals surface area contributed by atoms with Crippen LogP contribution in [0.5, 0.6) is 0 Å². The number of hydrogen-bond acceptors (Lipinski definition) is 2. The maximum Gasteiger partial charge on any atom is 0.268 e. The van der Waals surface area contributed by atoms with Crippen LogP contribution < -0.4 is 4.57 Å². The standard InChI is InChI=1S/C64H45N5O.Pt/c1-64(2,3)45-37-38-65-62(39-45)69-54-27-12-10-23-50(54)51-36-34-47(41-59(51)69)68-57-30-15-17-32-61(57)70-60-31-16-11-24-53(60)52-35-33-46(40-58(52)68)66-42-67(56-29-14-13-28-55(56)66)63-48(43-19-6-4-7-20-43)25-18-26-49(63)44-21-8-5-9-22-44;/h4-39H,1-3H3;/q-2;/i4D,5D,6D,7D,8D,9D,19D,20D,21D,22D;. The molecule has 0 N–H and O–H groups in total. The predicted molar refractivity (Wildman–Crippen MR) is 285 cm³/mol. The molecule has 0 aliphatic carbocycles.